The summed E-state index contributed by atoms with van der Waals surface area (Å²) in [5.74, 6) is -0.149. The zero-order chi connectivity index (χ0) is 22.1. The molecule has 6 heteroatoms. The molecule has 166 valence electrons. The minimum atomic E-state index is -0.382. The van der Waals surface area contributed by atoms with Crippen molar-refractivity contribution in [1.82, 2.24) is 15.2 Å². The van der Waals surface area contributed by atoms with E-state index in [1.807, 2.05) is 11.0 Å². The number of ether oxygens (including phenoxy) is 1. The van der Waals surface area contributed by atoms with Crippen molar-refractivity contribution >= 4 is 11.6 Å². The van der Waals surface area contributed by atoms with Gasteiger partial charge in [0.2, 0.25) is 0 Å². The second kappa shape index (κ2) is 8.77. The van der Waals surface area contributed by atoms with Crippen molar-refractivity contribution in [3.05, 3.63) is 65.3 Å². The van der Waals surface area contributed by atoms with E-state index < -0.39 is 0 Å². The molecule has 2 aromatic rings. The van der Waals surface area contributed by atoms with E-state index in [0.29, 0.717) is 19.1 Å². The lowest BCUT2D eigenvalue weighted by molar-refractivity contribution is 0.198. The molecule has 2 amide bonds. The SMILES string of the molecule is COc1ccc(-c2cnc3c(c2)C(C2=CCN(C(=O)NC4CCCC4)CC2)=CC3)cc1F. The maximum absolute atomic E-state index is 14.2. The number of hydrogen-bond acceptors (Lipinski definition) is 3. The van der Waals surface area contributed by atoms with Crippen molar-refractivity contribution in [2.75, 3.05) is 20.2 Å². The van der Waals surface area contributed by atoms with Crippen molar-refractivity contribution in [2.24, 2.45) is 0 Å². The molecular weight excluding hydrogens is 405 g/mol. The summed E-state index contributed by atoms with van der Waals surface area (Å²) in [6.07, 6.45) is 12.4. The van der Waals surface area contributed by atoms with Crippen LogP contribution < -0.4 is 10.1 Å². The van der Waals surface area contributed by atoms with Crippen LogP contribution in [0.5, 0.6) is 5.75 Å². The van der Waals surface area contributed by atoms with Gasteiger partial charge in [-0.25, -0.2) is 9.18 Å². The highest BCUT2D eigenvalue weighted by Gasteiger charge is 2.25. The second-order valence-electron chi connectivity index (χ2n) is 8.75. The first-order chi connectivity index (χ1) is 15.6. The van der Waals surface area contributed by atoms with Crippen LogP contribution >= 0.6 is 0 Å². The average Bonchev–Trinajstić information content (AvgIpc) is 3.48. The molecule has 0 radical (unpaired) electrons. The summed E-state index contributed by atoms with van der Waals surface area (Å²) >= 11 is 0. The van der Waals surface area contributed by atoms with E-state index in [1.54, 1.807) is 12.3 Å². The molecule has 1 aliphatic heterocycles. The highest BCUT2D eigenvalue weighted by molar-refractivity contribution is 5.86. The summed E-state index contributed by atoms with van der Waals surface area (Å²) in [6.45, 7) is 1.34. The second-order valence-corrected chi connectivity index (χ2v) is 8.75. The lowest BCUT2D eigenvalue weighted by Crippen LogP contribution is -2.45. The van der Waals surface area contributed by atoms with Gasteiger partial charge in [-0.2, -0.15) is 0 Å². The van der Waals surface area contributed by atoms with Crippen LogP contribution in [0.2, 0.25) is 0 Å². The lowest BCUT2D eigenvalue weighted by Gasteiger charge is -2.28. The summed E-state index contributed by atoms with van der Waals surface area (Å²) in [4.78, 5) is 19.1. The highest BCUT2D eigenvalue weighted by atomic mass is 19.1. The van der Waals surface area contributed by atoms with Crippen LogP contribution in [0.15, 0.2) is 48.2 Å². The van der Waals surface area contributed by atoms with Crippen LogP contribution in [0, 0.1) is 5.82 Å². The highest BCUT2D eigenvalue weighted by Crippen LogP contribution is 2.37. The smallest absolute Gasteiger partial charge is 0.317 e. The summed E-state index contributed by atoms with van der Waals surface area (Å²) in [7, 11) is 1.46. The monoisotopic (exact) mass is 433 g/mol. The number of aromatic nitrogens is 1. The molecule has 1 aromatic heterocycles. The first-order valence-corrected chi connectivity index (χ1v) is 11.4. The molecule has 1 saturated carbocycles. The zero-order valence-electron chi connectivity index (χ0n) is 18.4. The van der Waals surface area contributed by atoms with Crippen LogP contribution in [0.3, 0.4) is 0 Å². The molecule has 1 fully saturated rings. The molecule has 0 unspecified atom stereocenters. The molecule has 1 aromatic carbocycles. The van der Waals surface area contributed by atoms with E-state index in [4.69, 9.17) is 4.74 Å². The van der Waals surface area contributed by atoms with Gasteiger partial charge in [0.15, 0.2) is 11.6 Å². The average molecular weight is 434 g/mol. The Morgan fingerprint density at radius 1 is 1.19 bits per heavy atom. The van der Waals surface area contributed by atoms with Crippen molar-refractivity contribution in [1.29, 1.82) is 0 Å². The Kier molecular flexibility index (Phi) is 5.68. The maximum Gasteiger partial charge on any atom is 0.317 e. The van der Waals surface area contributed by atoms with E-state index in [0.717, 1.165) is 48.1 Å². The first-order valence-electron chi connectivity index (χ1n) is 11.4. The van der Waals surface area contributed by atoms with Crippen LogP contribution in [0.25, 0.3) is 16.7 Å². The van der Waals surface area contributed by atoms with Gasteiger partial charge in [-0.05, 0) is 54.2 Å². The molecule has 0 spiro atoms. The van der Waals surface area contributed by atoms with Gasteiger partial charge in [-0.1, -0.05) is 31.1 Å². The third-order valence-corrected chi connectivity index (χ3v) is 6.77. The van der Waals surface area contributed by atoms with Gasteiger partial charge < -0.3 is 15.0 Å². The van der Waals surface area contributed by atoms with E-state index in [1.165, 1.54) is 37.2 Å². The predicted molar refractivity (Wildman–Crippen MR) is 123 cm³/mol. The number of fused-ring (bicyclic) bond motifs is 1. The van der Waals surface area contributed by atoms with Gasteiger partial charge in [0.1, 0.15) is 0 Å². The van der Waals surface area contributed by atoms with Crippen LogP contribution in [-0.4, -0.2) is 42.2 Å². The van der Waals surface area contributed by atoms with E-state index in [9.17, 15) is 9.18 Å². The van der Waals surface area contributed by atoms with Gasteiger partial charge in [0, 0.05) is 42.9 Å². The minimum absolute atomic E-state index is 0.0542. The van der Waals surface area contributed by atoms with Crippen LogP contribution in [0.4, 0.5) is 9.18 Å². The maximum atomic E-state index is 14.2. The fraction of sp³-hybridized carbons (Fsp3) is 0.385. The molecule has 3 aliphatic rings. The Balaban J connectivity index is 1.32. The molecule has 5 nitrogen and oxygen atoms in total. The number of hydrogen-bond donors (Lipinski definition) is 1. The number of nitrogens with one attached hydrogen (secondary N) is 1. The van der Waals surface area contributed by atoms with E-state index >= 15 is 0 Å². The predicted octanol–water partition coefficient (Wildman–Crippen LogP) is 5.12. The van der Waals surface area contributed by atoms with Crippen molar-refractivity contribution in [3.63, 3.8) is 0 Å². The van der Waals surface area contributed by atoms with Crippen molar-refractivity contribution < 1.29 is 13.9 Å². The molecule has 2 heterocycles. The molecule has 0 atom stereocenters. The summed E-state index contributed by atoms with van der Waals surface area (Å²) in [6, 6.07) is 7.47. The zero-order valence-corrected chi connectivity index (χ0v) is 18.4. The Labute approximate surface area is 188 Å². The molecule has 1 N–H and O–H groups in total. The van der Waals surface area contributed by atoms with Gasteiger partial charge in [-0.15, -0.1) is 0 Å². The third kappa shape index (κ3) is 4.01. The van der Waals surface area contributed by atoms with E-state index in [-0.39, 0.29) is 17.6 Å². The topological polar surface area (TPSA) is 54.5 Å². The van der Waals surface area contributed by atoms with Crippen LogP contribution in [-0.2, 0) is 6.42 Å². The molecule has 32 heavy (non-hydrogen) atoms. The molecular formula is C26H28FN3O2. The Morgan fingerprint density at radius 3 is 2.75 bits per heavy atom. The largest absolute Gasteiger partial charge is 0.494 e. The van der Waals surface area contributed by atoms with Gasteiger partial charge in [0.05, 0.1) is 12.8 Å². The number of amides is 2. The Bertz CT molecular complexity index is 1100. The number of carbonyl (C=O) groups is 1. The van der Waals surface area contributed by atoms with Crippen LogP contribution in [0.1, 0.15) is 43.4 Å². The number of rotatable bonds is 4. The molecule has 2 aliphatic carbocycles. The van der Waals surface area contributed by atoms with Gasteiger partial charge in [-0.3, -0.25) is 4.98 Å². The van der Waals surface area contributed by atoms with Crippen molar-refractivity contribution in [3.8, 4) is 16.9 Å². The summed E-state index contributed by atoms with van der Waals surface area (Å²) < 4.78 is 19.2. The molecule has 0 bridgehead atoms. The van der Waals surface area contributed by atoms with Crippen molar-refractivity contribution in [2.45, 2.75) is 44.6 Å². The molecule has 5 rings (SSSR count). The Morgan fingerprint density at radius 2 is 2.03 bits per heavy atom. The quantitative estimate of drug-likeness (QED) is 0.728. The molecule has 0 saturated heterocycles. The number of nitrogens with zero attached hydrogens (tertiary/aromatic N) is 2. The number of allylic oxidation sites excluding steroid dienone is 2. The Hall–Kier alpha value is -3.15. The number of carbonyl (C=O) groups excluding carboxylic acids is 1. The first kappa shape index (κ1) is 20.7. The number of urea groups is 1. The standard InChI is InChI=1S/C26H28FN3O2/c1-32-25-9-6-18(15-23(25)27)19-14-22-21(7-8-24(22)28-16-19)17-10-12-30(13-11-17)26(31)29-20-4-2-3-5-20/h6-7,9-10,14-16,20H,2-5,8,11-13H2,1H3,(H,29,31). The lowest BCUT2D eigenvalue weighted by atomic mass is 9.94. The van der Waals surface area contributed by atoms with Gasteiger partial charge in [0.25, 0.3) is 0 Å². The minimum Gasteiger partial charge on any atom is -0.494 e. The third-order valence-electron chi connectivity index (χ3n) is 6.77. The van der Waals surface area contributed by atoms with E-state index in [2.05, 4.69) is 28.5 Å². The number of methoxy groups -OCH3 is 1. The number of benzene rings is 1. The fourth-order valence-electron chi connectivity index (χ4n) is 4.94. The van der Waals surface area contributed by atoms with Gasteiger partial charge >= 0.3 is 6.03 Å². The normalized spacial score (nSPS) is 18.2. The summed E-state index contributed by atoms with van der Waals surface area (Å²) in [5, 5.41) is 3.18. The number of pyridine rings is 1. The number of halogens is 1. The fourth-order valence-corrected chi connectivity index (χ4v) is 4.94. The summed E-state index contributed by atoms with van der Waals surface area (Å²) in [5.41, 5.74) is 6.26.